The van der Waals surface area contributed by atoms with Gasteiger partial charge in [0, 0.05) is 45.5 Å². The van der Waals surface area contributed by atoms with E-state index in [1.165, 1.54) is 38.9 Å². The van der Waals surface area contributed by atoms with E-state index >= 15 is 0 Å². The van der Waals surface area contributed by atoms with Crippen LogP contribution in [-0.4, -0.2) is 0 Å². The highest BCUT2D eigenvalue weighted by molar-refractivity contribution is 5.86. The molecular weight excluding hydrogens is 847 g/mol. The molecule has 0 aliphatic carbocycles. The maximum atomic E-state index is 4.79. The monoisotopic (exact) mass is 910 g/mol. The van der Waals surface area contributed by atoms with Gasteiger partial charge in [-0.25, -0.2) is 0 Å². The molecule has 0 saturated heterocycles. The lowest BCUT2D eigenvalue weighted by atomic mass is 9.84. The number of rotatable bonds is 14. The zero-order chi connectivity index (χ0) is 48.9. The highest BCUT2D eigenvalue weighted by Gasteiger charge is 2.32. The summed E-state index contributed by atoms with van der Waals surface area (Å²) >= 11 is 0. The van der Waals surface area contributed by atoms with Crippen molar-refractivity contribution in [2.24, 2.45) is 0 Å². The second-order valence-corrected chi connectivity index (χ2v) is 18.9. The van der Waals surface area contributed by atoms with Gasteiger partial charge in [-0.2, -0.15) is 0 Å². The molecule has 0 bridgehead atoms. The molecule has 3 heteroatoms. The van der Waals surface area contributed by atoms with Gasteiger partial charge in [-0.05, 0) is 186 Å². The van der Waals surface area contributed by atoms with Crippen molar-refractivity contribution in [2.45, 2.75) is 61.4 Å². The molecule has 9 aromatic carbocycles. The van der Waals surface area contributed by atoms with Crippen LogP contribution in [0.25, 0.3) is 16.7 Å². The van der Waals surface area contributed by atoms with E-state index in [-0.39, 0.29) is 0 Å². The Hall–Kier alpha value is -8.14. The summed E-state index contributed by atoms with van der Waals surface area (Å²) in [6, 6.07) is 76.2. The fourth-order valence-electron chi connectivity index (χ4n) is 9.38. The van der Waals surface area contributed by atoms with Gasteiger partial charge in [-0.1, -0.05) is 167 Å². The van der Waals surface area contributed by atoms with Crippen LogP contribution in [-0.2, 0) is 0 Å². The van der Waals surface area contributed by atoms with Gasteiger partial charge < -0.3 is 14.7 Å². The number of hydrogen-bond acceptors (Lipinski definition) is 3. The first-order valence-corrected chi connectivity index (χ1v) is 24.4. The molecule has 0 spiro atoms. The van der Waals surface area contributed by atoms with E-state index < -0.39 is 6.04 Å². The summed E-state index contributed by atoms with van der Waals surface area (Å²) < 4.78 is 0. The second kappa shape index (κ2) is 20.6. The van der Waals surface area contributed by atoms with Crippen LogP contribution in [0.5, 0.6) is 0 Å². The minimum Gasteiger partial charge on any atom is -0.330 e. The molecule has 1 unspecified atom stereocenters. The van der Waals surface area contributed by atoms with Crippen molar-refractivity contribution in [2.75, 3.05) is 14.7 Å². The number of anilines is 8. The quantitative estimate of drug-likeness (QED) is 0.101. The molecule has 0 saturated carbocycles. The van der Waals surface area contributed by atoms with E-state index in [1.807, 2.05) is 0 Å². The van der Waals surface area contributed by atoms with E-state index in [0.717, 1.165) is 78.9 Å². The Balaban J connectivity index is 1.43. The Labute approximate surface area is 417 Å². The first-order chi connectivity index (χ1) is 33.9. The van der Waals surface area contributed by atoms with Crippen LogP contribution in [0, 0.1) is 48.5 Å². The lowest BCUT2D eigenvalue weighted by molar-refractivity contribution is 0.818. The third-order valence-corrected chi connectivity index (χ3v) is 13.3. The van der Waals surface area contributed by atoms with Gasteiger partial charge in [-0.3, -0.25) is 0 Å². The Morgan fingerprint density at radius 2 is 0.657 bits per heavy atom. The van der Waals surface area contributed by atoms with Crippen molar-refractivity contribution in [1.82, 2.24) is 0 Å². The van der Waals surface area contributed by atoms with Crippen LogP contribution in [0.1, 0.15) is 68.6 Å². The van der Waals surface area contributed by atoms with Crippen LogP contribution >= 0.6 is 0 Å². The zero-order valence-electron chi connectivity index (χ0n) is 41.9. The Morgan fingerprint density at radius 3 is 1.01 bits per heavy atom. The largest absolute Gasteiger partial charge is 0.330 e. The highest BCUT2D eigenvalue weighted by Crippen LogP contribution is 2.49. The van der Waals surface area contributed by atoms with Gasteiger partial charge in [0.25, 0.3) is 0 Å². The summed E-state index contributed by atoms with van der Waals surface area (Å²) in [5, 5.41) is 0. The van der Waals surface area contributed by atoms with E-state index in [9.17, 15) is 0 Å². The molecule has 0 fully saturated rings. The molecule has 0 aromatic heterocycles. The van der Waals surface area contributed by atoms with Crippen molar-refractivity contribution in [3.05, 3.63) is 281 Å². The van der Waals surface area contributed by atoms with Crippen LogP contribution in [0.4, 0.5) is 45.5 Å². The van der Waals surface area contributed by atoms with E-state index in [4.69, 9.17) is 6.58 Å². The minimum atomic E-state index is -0.394. The fourth-order valence-corrected chi connectivity index (χ4v) is 9.38. The number of nitrogens with zero attached hydrogens (tertiary/aromatic N) is 3. The molecule has 70 heavy (non-hydrogen) atoms. The molecule has 0 aliphatic rings. The minimum absolute atomic E-state index is 0.394. The van der Waals surface area contributed by atoms with Gasteiger partial charge in [0.05, 0.1) is 6.04 Å². The number of aryl methyl sites for hydroxylation is 7. The molecule has 0 N–H and O–H groups in total. The van der Waals surface area contributed by atoms with E-state index in [2.05, 4.69) is 288 Å². The molecule has 0 heterocycles. The summed E-state index contributed by atoms with van der Waals surface area (Å²) in [5.74, 6) is 0. The third kappa shape index (κ3) is 10.2. The van der Waals surface area contributed by atoms with Crippen LogP contribution in [0.2, 0.25) is 0 Å². The third-order valence-electron chi connectivity index (χ3n) is 13.3. The Kier molecular flexibility index (Phi) is 13.8. The molecule has 346 valence electrons. The standard InChI is InChI=1S/C67H63N3/c1-10-11-53(9)63-42-40-61(68(55-28-14-47(3)15-29-55)56-30-16-48(4)17-31-56)44-65(63)67(70(59-36-22-51(7)23-37-59)60-38-24-52(8)25-39-60)66-45-62(41-43-64(66)54-26-12-46(2)13-27-54)69(57-32-18-49(5)19-33-57)58-34-20-50(6)21-35-58/h10-45,67H,9H2,1-8H3/b11-10-. The normalized spacial score (nSPS) is 11.7. The van der Waals surface area contributed by atoms with Crippen molar-refractivity contribution in [1.29, 1.82) is 0 Å². The SMILES string of the molecule is C=C(/C=C\C)c1ccc(N(c2ccc(C)cc2)c2ccc(C)cc2)cc1C(c1cc(N(c2ccc(C)cc2)c2ccc(C)cc2)ccc1-c1ccc(C)cc1)N(c1ccc(C)cc1)c1ccc(C)cc1. The van der Waals surface area contributed by atoms with Crippen LogP contribution < -0.4 is 14.7 Å². The number of allylic oxidation sites excluding steroid dienone is 3. The van der Waals surface area contributed by atoms with Crippen molar-refractivity contribution in [3.8, 4) is 11.1 Å². The molecule has 0 aliphatic heterocycles. The molecule has 1 atom stereocenters. The Morgan fingerprint density at radius 1 is 0.357 bits per heavy atom. The van der Waals surface area contributed by atoms with Gasteiger partial charge in [0.1, 0.15) is 0 Å². The van der Waals surface area contributed by atoms with E-state index in [0.29, 0.717) is 0 Å². The topological polar surface area (TPSA) is 9.72 Å². The average molecular weight is 910 g/mol. The smallest absolute Gasteiger partial charge is 0.0858 e. The fraction of sp³-hybridized carbons (Fsp3) is 0.134. The predicted molar refractivity (Wildman–Crippen MR) is 302 cm³/mol. The van der Waals surface area contributed by atoms with Gasteiger partial charge in [-0.15, -0.1) is 0 Å². The lowest BCUT2D eigenvalue weighted by Crippen LogP contribution is -2.27. The van der Waals surface area contributed by atoms with Crippen molar-refractivity contribution < 1.29 is 0 Å². The lowest BCUT2D eigenvalue weighted by Gasteiger charge is -2.38. The summed E-state index contributed by atoms with van der Waals surface area (Å²) in [7, 11) is 0. The summed E-state index contributed by atoms with van der Waals surface area (Å²) in [5.41, 5.74) is 23.7. The maximum Gasteiger partial charge on any atom is 0.0858 e. The molecule has 0 radical (unpaired) electrons. The first-order valence-electron chi connectivity index (χ1n) is 24.4. The molecule has 9 aromatic rings. The van der Waals surface area contributed by atoms with Crippen LogP contribution in [0.15, 0.2) is 225 Å². The van der Waals surface area contributed by atoms with Gasteiger partial charge in [0.2, 0.25) is 0 Å². The van der Waals surface area contributed by atoms with E-state index in [1.54, 1.807) is 0 Å². The first kappa shape index (κ1) is 46.9. The zero-order valence-corrected chi connectivity index (χ0v) is 41.9. The molecule has 0 amide bonds. The molecule has 9 rings (SSSR count). The number of hydrogen-bond donors (Lipinski definition) is 0. The number of benzene rings is 9. The van der Waals surface area contributed by atoms with Crippen molar-refractivity contribution in [3.63, 3.8) is 0 Å². The van der Waals surface area contributed by atoms with Crippen LogP contribution in [0.3, 0.4) is 0 Å². The predicted octanol–water partition coefficient (Wildman–Crippen LogP) is 19.0. The summed E-state index contributed by atoms with van der Waals surface area (Å²) in [6.07, 6.45) is 4.24. The summed E-state index contributed by atoms with van der Waals surface area (Å²) in [4.78, 5) is 7.33. The second-order valence-electron chi connectivity index (χ2n) is 18.9. The highest BCUT2D eigenvalue weighted by atomic mass is 15.2. The Bertz CT molecular complexity index is 3120. The summed E-state index contributed by atoms with van der Waals surface area (Å²) in [6.45, 7) is 21.9. The van der Waals surface area contributed by atoms with Gasteiger partial charge in [0.15, 0.2) is 0 Å². The molecular formula is C67H63N3. The maximum absolute atomic E-state index is 4.79. The average Bonchev–Trinajstić information content (AvgIpc) is 3.37. The van der Waals surface area contributed by atoms with Crippen molar-refractivity contribution >= 4 is 51.1 Å². The van der Waals surface area contributed by atoms with Gasteiger partial charge >= 0.3 is 0 Å². The molecule has 3 nitrogen and oxygen atoms in total.